The lowest BCUT2D eigenvalue weighted by atomic mass is 10.6. The van der Waals surface area contributed by atoms with E-state index in [1.807, 2.05) is 0 Å². The van der Waals surface area contributed by atoms with E-state index in [2.05, 4.69) is 10.8 Å². The molecule has 0 aromatic heterocycles. The van der Waals surface area contributed by atoms with Crippen LogP contribution in [-0.4, -0.2) is 19.6 Å². The van der Waals surface area contributed by atoms with Crippen LogP contribution < -0.4 is 5.73 Å². The molecule has 0 rings (SSSR count). The van der Waals surface area contributed by atoms with E-state index in [0.29, 0.717) is 0 Å². The van der Waals surface area contributed by atoms with Gasteiger partial charge in [0, 0.05) is 0 Å². The van der Waals surface area contributed by atoms with Crippen LogP contribution in [0.25, 0.3) is 0 Å². The molecule has 12 heavy (non-hydrogen) atoms. The summed E-state index contributed by atoms with van der Waals surface area (Å²) >= 11 is 0. The quantitative estimate of drug-likeness (QED) is 0.378. The van der Waals surface area contributed by atoms with Gasteiger partial charge in [0.25, 0.3) is 5.91 Å². The zero-order valence-electron chi connectivity index (χ0n) is 6.90. The van der Waals surface area contributed by atoms with Gasteiger partial charge < -0.3 is 9.92 Å². The van der Waals surface area contributed by atoms with E-state index < -0.39 is 27.0 Å². The Bertz CT molecular complexity index is 291. The normalized spacial score (nSPS) is 11.2. The number of carbonyl (C=O) groups is 1. The maximum Gasteiger partial charge on any atom is 0.311 e. The highest BCUT2D eigenvalue weighted by Crippen LogP contribution is 2.07. The highest BCUT2D eigenvalue weighted by atomic mass is 32.2. The Morgan fingerprint density at radius 3 is 2.17 bits per heavy atom. The van der Waals surface area contributed by atoms with Gasteiger partial charge in [-0.15, -0.1) is 0 Å². The van der Waals surface area contributed by atoms with E-state index in [4.69, 9.17) is 5.73 Å². The number of amides is 1. The van der Waals surface area contributed by atoms with E-state index in [0.717, 1.165) is 0 Å². The highest BCUT2D eigenvalue weighted by molar-refractivity contribution is 7.87. The SMILES string of the molecule is C=C(OS(=O)(=O)C(C)C)C(N)=O. The minimum absolute atomic E-state index is 0.566. The number of carbonyl (C=O) groups excluding carboxylic acids is 1. The zero-order valence-corrected chi connectivity index (χ0v) is 7.72. The van der Waals surface area contributed by atoms with Gasteiger partial charge in [-0.05, 0) is 20.4 Å². The summed E-state index contributed by atoms with van der Waals surface area (Å²) in [7, 11) is -3.74. The average Bonchev–Trinajstić information content (AvgIpc) is 1.85. The number of rotatable bonds is 4. The van der Waals surface area contributed by atoms with E-state index in [-0.39, 0.29) is 0 Å². The molecule has 6 heteroatoms. The maximum absolute atomic E-state index is 11.0. The third-order valence-corrected chi connectivity index (χ3v) is 2.66. The fraction of sp³-hybridized carbons (Fsp3) is 0.500. The number of hydrogen-bond acceptors (Lipinski definition) is 4. The summed E-state index contributed by atoms with van der Waals surface area (Å²) in [5.41, 5.74) is 4.72. The van der Waals surface area contributed by atoms with Gasteiger partial charge in [0.1, 0.15) is 0 Å². The summed E-state index contributed by atoms with van der Waals surface area (Å²) < 4.78 is 26.2. The fourth-order valence-electron chi connectivity index (χ4n) is 0.278. The molecule has 70 valence electrons. The van der Waals surface area contributed by atoms with Gasteiger partial charge in [0.05, 0.1) is 5.25 Å². The van der Waals surface area contributed by atoms with Gasteiger partial charge in [-0.25, -0.2) is 0 Å². The lowest BCUT2D eigenvalue weighted by Crippen LogP contribution is -2.22. The Morgan fingerprint density at radius 1 is 1.50 bits per heavy atom. The summed E-state index contributed by atoms with van der Waals surface area (Å²) in [6.07, 6.45) is 0. The minimum Gasteiger partial charge on any atom is -0.377 e. The Morgan fingerprint density at radius 2 is 1.92 bits per heavy atom. The molecule has 0 heterocycles. The molecule has 1 amide bonds. The lowest BCUT2D eigenvalue weighted by molar-refractivity contribution is -0.116. The first-order valence-corrected chi connectivity index (χ1v) is 4.66. The first-order valence-electron chi connectivity index (χ1n) is 3.19. The monoisotopic (exact) mass is 193 g/mol. The Hall–Kier alpha value is -1.04. The molecule has 0 saturated carbocycles. The van der Waals surface area contributed by atoms with E-state index in [9.17, 15) is 13.2 Å². The van der Waals surface area contributed by atoms with Crippen molar-refractivity contribution in [2.45, 2.75) is 19.1 Å². The molecule has 0 atom stereocenters. The van der Waals surface area contributed by atoms with Gasteiger partial charge in [0.2, 0.25) is 0 Å². The molecule has 0 radical (unpaired) electrons. The van der Waals surface area contributed by atoms with Gasteiger partial charge >= 0.3 is 10.1 Å². The molecule has 5 nitrogen and oxygen atoms in total. The van der Waals surface area contributed by atoms with Gasteiger partial charge in [-0.2, -0.15) is 8.42 Å². The Balaban J connectivity index is 4.48. The van der Waals surface area contributed by atoms with Crippen LogP contribution in [-0.2, 0) is 19.1 Å². The van der Waals surface area contributed by atoms with Crippen LogP contribution in [0.2, 0.25) is 0 Å². The largest absolute Gasteiger partial charge is 0.377 e. The fourth-order valence-corrected chi connectivity index (χ4v) is 0.833. The summed E-state index contributed by atoms with van der Waals surface area (Å²) in [6, 6.07) is 0. The maximum atomic E-state index is 11.0. The second-order valence-electron chi connectivity index (χ2n) is 2.41. The molecule has 0 bridgehead atoms. The molecule has 0 aliphatic heterocycles. The average molecular weight is 193 g/mol. The molecule has 0 aliphatic rings. The topological polar surface area (TPSA) is 86.5 Å². The van der Waals surface area contributed by atoms with Crippen molar-refractivity contribution >= 4 is 16.0 Å². The van der Waals surface area contributed by atoms with Crippen molar-refractivity contribution in [3.63, 3.8) is 0 Å². The first kappa shape index (κ1) is 11.0. The minimum atomic E-state index is -3.74. The van der Waals surface area contributed by atoms with Gasteiger partial charge in [0.15, 0.2) is 5.76 Å². The van der Waals surface area contributed by atoms with E-state index in [1.54, 1.807) is 0 Å². The molecular formula is C6H11NO4S. The smallest absolute Gasteiger partial charge is 0.311 e. The van der Waals surface area contributed by atoms with Crippen molar-refractivity contribution in [3.05, 3.63) is 12.3 Å². The van der Waals surface area contributed by atoms with Crippen molar-refractivity contribution in [3.8, 4) is 0 Å². The first-order chi connectivity index (χ1) is 5.27. The van der Waals surface area contributed by atoms with E-state index >= 15 is 0 Å². The molecule has 0 aliphatic carbocycles. The van der Waals surface area contributed by atoms with Crippen molar-refractivity contribution in [1.82, 2.24) is 0 Å². The van der Waals surface area contributed by atoms with Crippen LogP contribution in [0.15, 0.2) is 12.3 Å². The van der Waals surface area contributed by atoms with Crippen LogP contribution in [0.5, 0.6) is 0 Å². The van der Waals surface area contributed by atoms with Crippen LogP contribution in [0.3, 0.4) is 0 Å². The molecule has 2 N–H and O–H groups in total. The van der Waals surface area contributed by atoms with Gasteiger partial charge in [-0.1, -0.05) is 0 Å². The van der Waals surface area contributed by atoms with Gasteiger partial charge in [-0.3, -0.25) is 4.79 Å². The van der Waals surface area contributed by atoms with Crippen LogP contribution in [0, 0.1) is 0 Å². The number of hydrogen-bond donors (Lipinski definition) is 1. The molecule has 0 aromatic rings. The molecule has 0 fully saturated rings. The van der Waals surface area contributed by atoms with E-state index in [1.165, 1.54) is 13.8 Å². The zero-order chi connectivity index (χ0) is 9.94. The summed E-state index contributed by atoms with van der Waals surface area (Å²) in [5, 5.41) is -0.728. The highest BCUT2D eigenvalue weighted by Gasteiger charge is 2.20. The Kier molecular flexibility index (Phi) is 3.26. The second-order valence-corrected chi connectivity index (χ2v) is 4.51. The summed E-state index contributed by atoms with van der Waals surface area (Å²) in [6.45, 7) is 5.89. The number of primary amides is 1. The molecule has 0 saturated heterocycles. The van der Waals surface area contributed by atoms with Crippen molar-refractivity contribution < 1.29 is 17.4 Å². The van der Waals surface area contributed by atoms with Crippen molar-refractivity contribution in [2.24, 2.45) is 5.73 Å². The standard InChI is InChI=1S/C6H11NO4S/c1-4(2)12(9,10)11-5(3)6(7)8/h4H,3H2,1-2H3,(H2,7,8). The van der Waals surface area contributed by atoms with Crippen molar-refractivity contribution in [2.75, 3.05) is 0 Å². The molecular weight excluding hydrogens is 182 g/mol. The predicted molar refractivity (Wildman–Crippen MR) is 43.5 cm³/mol. The van der Waals surface area contributed by atoms with Crippen LogP contribution in [0.1, 0.15) is 13.8 Å². The molecule has 0 unspecified atom stereocenters. The van der Waals surface area contributed by atoms with Crippen LogP contribution in [0.4, 0.5) is 0 Å². The predicted octanol–water partition coefficient (Wildman–Crippen LogP) is -0.260. The summed E-state index contributed by atoms with van der Waals surface area (Å²) in [4.78, 5) is 10.3. The second kappa shape index (κ2) is 3.57. The third-order valence-electron chi connectivity index (χ3n) is 1.07. The third kappa shape index (κ3) is 2.91. The number of nitrogens with two attached hydrogens (primary N) is 1. The molecule has 0 spiro atoms. The van der Waals surface area contributed by atoms with Crippen molar-refractivity contribution in [1.29, 1.82) is 0 Å². The van der Waals surface area contributed by atoms with Crippen LogP contribution >= 0.6 is 0 Å². The Labute approximate surface area is 71.3 Å². The summed E-state index contributed by atoms with van der Waals surface area (Å²) in [5.74, 6) is -1.55. The lowest BCUT2D eigenvalue weighted by Gasteiger charge is -2.08. The molecule has 0 aromatic carbocycles.